The fourth-order valence-electron chi connectivity index (χ4n) is 7.20. The summed E-state index contributed by atoms with van der Waals surface area (Å²) >= 11 is 0. The summed E-state index contributed by atoms with van der Waals surface area (Å²) in [7, 11) is 0. The first kappa shape index (κ1) is 66.3. The van der Waals surface area contributed by atoms with Gasteiger partial charge in [-0.25, -0.2) is 0 Å². The van der Waals surface area contributed by atoms with Crippen LogP contribution in [0.2, 0.25) is 0 Å². The average molecular weight is 980 g/mol. The Kier molecular flexibility index (Phi) is 54.0. The molecule has 0 aromatic carbocycles. The number of carbonyl (C=O) groups excluding carboxylic acids is 3. The molecule has 0 aliphatic heterocycles. The Hall–Kier alpha value is -4.71. The summed E-state index contributed by atoms with van der Waals surface area (Å²) in [5.41, 5.74) is 0. The topological polar surface area (TPSA) is 78.9 Å². The van der Waals surface area contributed by atoms with Crippen LogP contribution in [0.5, 0.6) is 0 Å². The Labute approximate surface area is 436 Å². The van der Waals surface area contributed by atoms with Gasteiger partial charge in [0, 0.05) is 19.3 Å². The zero-order valence-corrected chi connectivity index (χ0v) is 45.4. The Morgan fingerprint density at radius 2 is 0.606 bits per heavy atom. The van der Waals surface area contributed by atoms with Crippen molar-refractivity contribution in [1.82, 2.24) is 0 Å². The maximum absolute atomic E-state index is 12.9. The number of esters is 3. The monoisotopic (exact) mass is 979 g/mol. The molecule has 0 saturated heterocycles. The van der Waals surface area contributed by atoms with Crippen LogP contribution in [0.4, 0.5) is 0 Å². The van der Waals surface area contributed by atoms with Crippen LogP contribution in [-0.4, -0.2) is 37.2 Å². The first-order chi connectivity index (χ1) is 35.0. The smallest absolute Gasteiger partial charge is 0.306 e. The summed E-state index contributed by atoms with van der Waals surface area (Å²) in [6.45, 7) is 6.30. The van der Waals surface area contributed by atoms with Crippen LogP contribution in [0.3, 0.4) is 0 Å². The van der Waals surface area contributed by atoms with Crippen LogP contribution in [0, 0.1) is 0 Å². The summed E-state index contributed by atoms with van der Waals surface area (Å²) in [5, 5.41) is 0. The van der Waals surface area contributed by atoms with Gasteiger partial charge in [-0.3, -0.25) is 14.4 Å². The molecule has 0 radical (unpaired) electrons. The molecule has 0 aromatic heterocycles. The van der Waals surface area contributed by atoms with Crippen LogP contribution < -0.4 is 0 Å². The molecule has 71 heavy (non-hydrogen) atoms. The van der Waals surface area contributed by atoms with Gasteiger partial charge >= 0.3 is 17.9 Å². The molecule has 1 unspecified atom stereocenters. The van der Waals surface area contributed by atoms with E-state index >= 15 is 0 Å². The van der Waals surface area contributed by atoms with Crippen molar-refractivity contribution in [2.45, 2.75) is 232 Å². The molecule has 0 rings (SSSR count). The lowest BCUT2D eigenvalue weighted by Crippen LogP contribution is -2.30. The van der Waals surface area contributed by atoms with E-state index in [1.54, 1.807) is 0 Å². The molecule has 0 amide bonds. The van der Waals surface area contributed by atoms with Crippen molar-refractivity contribution < 1.29 is 28.6 Å². The van der Waals surface area contributed by atoms with Gasteiger partial charge in [-0.05, 0) is 122 Å². The molecule has 0 aliphatic carbocycles. The second-order valence-corrected chi connectivity index (χ2v) is 18.2. The van der Waals surface area contributed by atoms with E-state index in [1.165, 1.54) is 32.1 Å². The standard InChI is InChI=1S/C65H102O6/c1-4-7-10-13-16-19-22-25-28-31-33-35-37-40-43-46-49-52-55-58-64(67)70-61-62(60-69-63(66)57-54-51-48-45-42-39-36-30-27-24-21-18-15-12-9-6-3)71-65(68)59-56-53-50-47-44-41-38-34-32-29-26-23-20-17-14-11-8-5-2/h7,9-10,12,16-21,23,25-30,32-35,38-39,42,62H,4-6,8,11,13-15,22,24,31,36-37,40-41,43-61H2,1-3H3/b10-7-,12-9-,19-16-,20-17-,21-18-,26-23-,28-25-,30-27-,32-29-,35-33-,38-34-,42-39-. The Bertz CT molecular complexity index is 1590. The molecule has 0 bridgehead atoms. The number of unbranched alkanes of at least 4 members (excludes halogenated alkanes) is 17. The maximum atomic E-state index is 12.9. The number of hydrogen-bond donors (Lipinski definition) is 0. The van der Waals surface area contributed by atoms with E-state index in [0.29, 0.717) is 12.8 Å². The van der Waals surface area contributed by atoms with E-state index in [9.17, 15) is 14.4 Å². The molecule has 0 spiro atoms. The highest BCUT2D eigenvalue weighted by Gasteiger charge is 2.19. The predicted octanol–water partition coefficient (Wildman–Crippen LogP) is 19.2. The summed E-state index contributed by atoms with van der Waals surface area (Å²) < 4.78 is 16.8. The summed E-state index contributed by atoms with van der Waals surface area (Å²) in [5.74, 6) is -0.986. The second kappa shape index (κ2) is 57.9. The molecule has 0 fully saturated rings. The Morgan fingerprint density at radius 1 is 0.310 bits per heavy atom. The van der Waals surface area contributed by atoms with Crippen molar-refractivity contribution in [3.63, 3.8) is 0 Å². The van der Waals surface area contributed by atoms with E-state index in [4.69, 9.17) is 14.2 Å². The minimum absolute atomic E-state index is 0.112. The third-order valence-corrected chi connectivity index (χ3v) is 11.4. The molecule has 0 aromatic rings. The van der Waals surface area contributed by atoms with Crippen molar-refractivity contribution in [3.8, 4) is 0 Å². The van der Waals surface area contributed by atoms with E-state index in [0.717, 1.165) is 154 Å². The molecule has 0 aliphatic rings. The molecule has 1 atom stereocenters. The van der Waals surface area contributed by atoms with Gasteiger partial charge in [0.05, 0.1) is 0 Å². The Morgan fingerprint density at radius 3 is 1.00 bits per heavy atom. The fourth-order valence-corrected chi connectivity index (χ4v) is 7.20. The van der Waals surface area contributed by atoms with Gasteiger partial charge in [-0.15, -0.1) is 0 Å². The van der Waals surface area contributed by atoms with Crippen molar-refractivity contribution in [2.24, 2.45) is 0 Å². The minimum atomic E-state index is -0.818. The summed E-state index contributed by atoms with van der Waals surface area (Å²) in [6, 6.07) is 0. The van der Waals surface area contributed by atoms with Crippen molar-refractivity contribution >= 4 is 17.9 Å². The van der Waals surface area contributed by atoms with E-state index < -0.39 is 6.10 Å². The van der Waals surface area contributed by atoms with Crippen LogP contribution in [-0.2, 0) is 28.6 Å². The first-order valence-electron chi connectivity index (χ1n) is 28.4. The van der Waals surface area contributed by atoms with Gasteiger partial charge in [0.2, 0.25) is 0 Å². The van der Waals surface area contributed by atoms with E-state index in [-0.39, 0.29) is 37.5 Å². The van der Waals surface area contributed by atoms with Gasteiger partial charge in [0.1, 0.15) is 13.2 Å². The van der Waals surface area contributed by atoms with Crippen LogP contribution >= 0.6 is 0 Å². The molecular weight excluding hydrogens is 877 g/mol. The zero-order chi connectivity index (χ0) is 51.4. The molecule has 0 heterocycles. The number of rotatable bonds is 49. The van der Waals surface area contributed by atoms with Crippen molar-refractivity contribution in [2.75, 3.05) is 13.2 Å². The normalized spacial score (nSPS) is 13.2. The highest BCUT2D eigenvalue weighted by molar-refractivity contribution is 5.71. The van der Waals surface area contributed by atoms with Gasteiger partial charge in [-0.2, -0.15) is 0 Å². The summed E-state index contributed by atoms with van der Waals surface area (Å²) in [4.78, 5) is 38.2. The van der Waals surface area contributed by atoms with Crippen molar-refractivity contribution in [3.05, 3.63) is 146 Å². The maximum Gasteiger partial charge on any atom is 0.306 e. The fraction of sp³-hybridized carbons (Fsp3) is 0.585. The highest BCUT2D eigenvalue weighted by atomic mass is 16.6. The van der Waals surface area contributed by atoms with Crippen LogP contribution in [0.25, 0.3) is 0 Å². The van der Waals surface area contributed by atoms with Gasteiger partial charge in [0.15, 0.2) is 6.10 Å². The lowest BCUT2D eigenvalue weighted by Gasteiger charge is -2.18. The quantitative estimate of drug-likeness (QED) is 0.0199. The van der Waals surface area contributed by atoms with Gasteiger partial charge in [0.25, 0.3) is 0 Å². The third-order valence-electron chi connectivity index (χ3n) is 11.4. The SMILES string of the molecule is CC/C=C\C/C=C\C/C=C\C/C=C\CCCCCCCCC(=O)OCC(COC(=O)CCCCC/C=C\C/C=C\C/C=C\C/C=C\CC)OC(=O)CCCCCCC\C=C/C=C\C=C/C=C\CCCCC. The van der Waals surface area contributed by atoms with Gasteiger partial charge in [-0.1, -0.05) is 231 Å². The molecule has 6 heteroatoms. The second-order valence-electron chi connectivity index (χ2n) is 18.2. The number of hydrogen-bond acceptors (Lipinski definition) is 6. The summed E-state index contributed by atoms with van der Waals surface area (Å²) in [6.07, 6.45) is 82.5. The minimum Gasteiger partial charge on any atom is -0.462 e. The lowest BCUT2D eigenvalue weighted by molar-refractivity contribution is -0.167. The first-order valence-corrected chi connectivity index (χ1v) is 28.4. The van der Waals surface area contributed by atoms with Crippen molar-refractivity contribution in [1.29, 1.82) is 0 Å². The number of allylic oxidation sites excluding steroid dienone is 24. The molecule has 398 valence electrons. The van der Waals surface area contributed by atoms with Crippen LogP contribution in [0.1, 0.15) is 226 Å². The van der Waals surface area contributed by atoms with E-state index in [2.05, 4.69) is 167 Å². The third kappa shape index (κ3) is 56.1. The number of carbonyl (C=O) groups is 3. The molecule has 0 saturated carbocycles. The molecular formula is C65H102O6. The number of ether oxygens (including phenoxy) is 3. The zero-order valence-electron chi connectivity index (χ0n) is 45.4. The largest absolute Gasteiger partial charge is 0.462 e. The highest BCUT2D eigenvalue weighted by Crippen LogP contribution is 2.13. The van der Waals surface area contributed by atoms with Gasteiger partial charge < -0.3 is 14.2 Å². The van der Waals surface area contributed by atoms with Crippen LogP contribution in [0.15, 0.2) is 146 Å². The predicted molar refractivity (Wildman–Crippen MR) is 306 cm³/mol. The van der Waals surface area contributed by atoms with E-state index in [1.807, 2.05) is 0 Å². The molecule has 0 N–H and O–H groups in total. The average Bonchev–Trinajstić information content (AvgIpc) is 3.37. The molecule has 6 nitrogen and oxygen atoms in total. The lowest BCUT2D eigenvalue weighted by atomic mass is 10.1. The Balaban J connectivity index is 4.55.